The highest BCUT2D eigenvalue weighted by Gasteiger charge is 2.29. The third-order valence-corrected chi connectivity index (χ3v) is 5.67. The number of hydrogen-bond donors (Lipinski definition) is 1. The summed E-state index contributed by atoms with van der Waals surface area (Å²) in [5.74, 6) is -0.709. The number of esters is 1. The summed E-state index contributed by atoms with van der Waals surface area (Å²) < 4.78 is 21.5. The standard InChI is InChI=1S/C23H28N2O8/c1-30-15-4-5-17(20(11-15)31-2)18(12-21(28)32-3)23-22(29)19(27)10-16(33-23)13-24-6-8-25(14-26)9-7-24/h4-5,10-11,14,18,29H,6-9,12-13H2,1-3H3. The molecule has 178 valence electrons. The quantitative estimate of drug-likeness (QED) is 0.437. The van der Waals surface area contributed by atoms with Crippen LogP contribution in [0.4, 0.5) is 0 Å². The predicted molar refractivity (Wildman–Crippen MR) is 118 cm³/mol. The van der Waals surface area contributed by atoms with Crippen molar-refractivity contribution in [2.75, 3.05) is 47.5 Å². The molecule has 2 heterocycles. The van der Waals surface area contributed by atoms with Gasteiger partial charge in [0.2, 0.25) is 17.6 Å². The summed E-state index contributed by atoms with van der Waals surface area (Å²) in [4.78, 5) is 39.5. The molecule has 1 aliphatic heterocycles. The Hall–Kier alpha value is -3.53. The molecule has 1 N–H and O–H groups in total. The Balaban J connectivity index is 2.00. The fourth-order valence-corrected chi connectivity index (χ4v) is 3.82. The molecular formula is C23H28N2O8. The van der Waals surface area contributed by atoms with Crippen LogP contribution < -0.4 is 14.9 Å². The number of piperazine rings is 1. The van der Waals surface area contributed by atoms with E-state index in [1.807, 2.05) is 4.90 Å². The zero-order valence-electron chi connectivity index (χ0n) is 18.9. The Morgan fingerprint density at radius 3 is 2.48 bits per heavy atom. The maximum Gasteiger partial charge on any atom is 0.306 e. The number of hydrogen-bond acceptors (Lipinski definition) is 9. The van der Waals surface area contributed by atoms with Gasteiger partial charge in [-0.15, -0.1) is 0 Å². The Kier molecular flexibility index (Phi) is 7.94. The first kappa shape index (κ1) is 24.1. The second-order valence-corrected chi connectivity index (χ2v) is 7.65. The molecule has 1 saturated heterocycles. The first-order valence-electron chi connectivity index (χ1n) is 10.5. The molecule has 1 atom stereocenters. The normalized spacial score (nSPS) is 15.1. The summed E-state index contributed by atoms with van der Waals surface area (Å²) in [5.41, 5.74) is -0.0842. The predicted octanol–water partition coefficient (Wildman–Crippen LogP) is 1.33. The van der Waals surface area contributed by atoms with Gasteiger partial charge in [0.05, 0.1) is 40.2 Å². The lowest BCUT2D eigenvalue weighted by atomic mass is 9.91. The zero-order chi connectivity index (χ0) is 24.0. The molecule has 10 heteroatoms. The van der Waals surface area contributed by atoms with Crippen molar-refractivity contribution < 1.29 is 33.3 Å². The van der Waals surface area contributed by atoms with E-state index in [4.69, 9.17) is 18.6 Å². The van der Waals surface area contributed by atoms with E-state index in [9.17, 15) is 19.5 Å². The van der Waals surface area contributed by atoms with Crippen molar-refractivity contribution in [3.8, 4) is 17.2 Å². The molecule has 0 spiro atoms. The van der Waals surface area contributed by atoms with Crippen molar-refractivity contribution in [1.82, 2.24) is 9.80 Å². The van der Waals surface area contributed by atoms with Crippen molar-refractivity contribution in [1.29, 1.82) is 0 Å². The van der Waals surface area contributed by atoms with Crippen molar-refractivity contribution in [3.05, 3.63) is 51.6 Å². The monoisotopic (exact) mass is 460 g/mol. The molecule has 2 aromatic rings. The van der Waals surface area contributed by atoms with E-state index in [1.54, 1.807) is 23.1 Å². The number of carbonyl (C=O) groups excluding carboxylic acids is 2. The largest absolute Gasteiger partial charge is 0.502 e. The third kappa shape index (κ3) is 5.64. The molecule has 0 aliphatic carbocycles. The van der Waals surface area contributed by atoms with E-state index in [-0.39, 0.29) is 12.2 Å². The van der Waals surface area contributed by atoms with Gasteiger partial charge in [0.15, 0.2) is 5.76 Å². The van der Waals surface area contributed by atoms with Crippen molar-refractivity contribution in [3.63, 3.8) is 0 Å². The maximum absolute atomic E-state index is 12.6. The lowest BCUT2D eigenvalue weighted by molar-refractivity contribution is -0.141. The highest BCUT2D eigenvalue weighted by Crippen LogP contribution is 2.39. The summed E-state index contributed by atoms with van der Waals surface area (Å²) in [7, 11) is 4.25. The van der Waals surface area contributed by atoms with Crippen LogP contribution in [0, 0.1) is 0 Å². The Bertz CT molecular complexity index is 1040. The minimum Gasteiger partial charge on any atom is -0.502 e. The number of ether oxygens (including phenoxy) is 3. The lowest BCUT2D eigenvalue weighted by Crippen LogP contribution is -2.45. The number of methoxy groups -OCH3 is 3. The molecule has 1 aromatic carbocycles. The van der Waals surface area contributed by atoms with Gasteiger partial charge in [0.1, 0.15) is 17.3 Å². The van der Waals surface area contributed by atoms with Crippen molar-refractivity contribution >= 4 is 12.4 Å². The molecular weight excluding hydrogens is 432 g/mol. The second-order valence-electron chi connectivity index (χ2n) is 7.65. The molecule has 10 nitrogen and oxygen atoms in total. The highest BCUT2D eigenvalue weighted by molar-refractivity contribution is 5.71. The van der Waals surface area contributed by atoms with Gasteiger partial charge < -0.3 is 28.6 Å². The van der Waals surface area contributed by atoms with Gasteiger partial charge in [0.25, 0.3) is 0 Å². The smallest absolute Gasteiger partial charge is 0.306 e. The molecule has 1 fully saturated rings. The topological polar surface area (TPSA) is 119 Å². The minimum atomic E-state index is -0.835. The number of benzene rings is 1. The third-order valence-electron chi connectivity index (χ3n) is 5.67. The van der Waals surface area contributed by atoms with Crippen LogP contribution in [0.5, 0.6) is 17.2 Å². The molecule has 1 aromatic heterocycles. The van der Waals surface area contributed by atoms with Gasteiger partial charge in [-0.05, 0) is 6.07 Å². The van der Waals surface area contributed by atoms with Gasteiger partial charge in [0, 0.05) is 43.9 Å². The summed E-state index contributed by atoms with van der Waals surface area (Å²) in [6.07, 6.45) is 0.632. The minimum absolute atomic E-state index is 0.0436. The van der Waals surface area contributed by atoms with Gasteiger partial charge in [-0.2, -0.15) is 0 Å². The van der Waals surface area contributed by atoms with Crippen LogP contribution in [0.3, 0.4) is 0 Å². The molecule has 0 bridgehead atoms. The van der Waals surface area contributed by atoms with Gasteiger partial charge in [-0.1, -0.05) is 6.07 Å². The first-order chi connectivity index (χ1) is 15.9. The zero-order valence-corrected chi connectivity index (χ0v) is 18.9. The second kappa shape index (κ2) is 10.9. The summed E-state index contributed by atoms with van der Waals surface area (Å²) >= 11 is 0. The van der Waals surface area contributed by atoms with E-state index < -0.39 is 23.1 Å². The van der Waals surface area contributed by atoms with Gasteiger partial charge in [-0.25, -0.2) is 0 Å². The summed E-state index contributed by atoms with van der Waals surface area (Å²) in [5, 5.41) is 10.6. The number of carbonyl (C=O) groups is 2. The number of nitrogens with zero attached hydrogens (tertiary/aromatic N) is 2. The number of aromatic hydroxyl groups is 1. The fourth-order valence-electron chi connectivity index (χ4n) is 3.82. The van der Waals surface area contributed by atoms with E-state index in [2.05, 4.69) is 0 Å². The van der Waals surface area contributed by atoms with Crippen LogP contribution in [-0.4, -0.2) is 74.8 Å². The van der Waals surface area contributed by atoms with Crippen LogP contribution in [0.1, 0.15) is 29.4 Å². The maximum atomic E-state index is 12.6. The van der Waals surface area contributed by atoms with E-state index in [0.29, 0.717) is 55.5 Å². The van der Waals surface area contributed by atoms with Crippen molar-refractivity contribution in [2.45, 2.75) is 18.9 Å². The van der Waals surface area contributed by atoms with E-state index in [0.717, 1.165) is 6.41 Å². The van der Waals surface area contributed by atoms with Crippen LogP contribution in [0.2, 0.25) is 0 Å². The van der Waals surface area contributed by atoms with Gasteiger partial charge in [-0.3, -0.25) is 19.3 Å². The van der Waals surface area contributed by atoms with Crippen LogP contribution in [0.25, 0.3) is 0 Å². The molecule has 1 unspecified atom stereocenters. The van der Waals surface area contributed by atoms with Crippen LogP contribution in [0.15, 0.2) is 33.5 Å². The van der Waals surface area contributed by atoms with E-state index >= 15 is 0 Å². The molecule has 0 saturated carbocycles. The molecule has 1 amide bonds. The molecule has 33 heavy (non-hydrogen) atoms. The summed E-state index contributed by atoms with van der Waals surface area (Å²) in [6, 6.07) is 6.26. The van der Waals surface area contributed by atoms with E-state index in [1.165, 1.54) is 27.4 Å². The first-order valence-corrected chi connectivity index (χ1v) is 10.5. The average molecular weight is 460 g/mol. The fraction of sp³-hybridized carbons (Fsp3) is 0.435. The van der Waals surface area contributed by atoms with Crippen LogP contribution in [-0.2, 0) is 20.9 Å². The Morgan fingerprint density at radius 2 is 1.88 bits per heavy atom. The molecule has 1 aliphatic rings. The lowest BCUT2D eigenvalue weighted by Gasteiger charge is -2.32. The summed E-state index contributed by atoms with van der Waals surface area (Å²) in [6.45, 7) is 2.71. The molecule has 3 rings (SSSR count). The number of amides is 1. The van der Waals surface area contributed by atoms with Gasteiger partial charge >= 0.3 is 5.97 Å². The SMILES string of the molecule is COC(=O)CC(c1ccc(OC)cc1OC)c1oc(CN2CCN(C=O)CC2)cc(=O)c1O. The highest BCUT2D eigenvalue weighted by atomic mass is 16.5. The number of rotatable bonds is 9. The Morgan fingerprint density at radius 1 is 1.15 bits per heavy atom. The average Bonchev–Trinajstić information content (AvgIpc) is 2.84. The van der Waals surface area contributed by atoms with Crippen molar-refractivity contribution in [2.24, 2.45) is 0 Å². The molecule has 0 radical (unpaired) electrons. The van der Waals surface area contributed by atoms with Crippen LogP contribution >= 0.6 is 0 Å². The Labute approximate surface area is 191 Å².